The predicted molar refractivity (Wildman–Crippen MR) is 53.3 cm³/mol. The minimum Gasteiger partial charge on any atom is -0.504 e. The highest BCUT2D eigenvalue weighted by Gasteiger charge is 2.21. The molecule has 0 aliphatic rings. The number of methoxy groups -OCH3 is 1. The lowest BCUT2D eigenvalue weighted by molar-refractivity contribution is 0.209. The summed E-state index contributed by atoms with van der Waals surface area (Å²) in [6.07, 6.45) is 0. The summed E-state index contributed by atoms with van der Waals surface area (Å²) in [5, 5.41) is 18.4. The van der Waals surface area contributed by atoms with Crippen LogP contribution in [0.3, 0.4) is 0 Å². The number of aromatic hydroxyl groups is 1. The van der Waals surface area contributed by atoms with Gasteiger partial charge in [0.25, 0.3) is 0 Å². The van der Waals surface area contributed by atoms with Crippen molar-refractivity contribution >= 4 is 0 Å². The van der Waals surface area contributed by atoms with Crippen LogP contribution in [-0.2, 0) is 5.54 Å². The van der Waals surface area contributed by atoms with Gasteiger partial charge in [-0.2, -0.15) is 0 Å². The standard InChI is InChI=1S/C10H15NO3/c1-10(11,6-12)7-3-4-8(13)9(5-7)14-2/h3-5,12-13H,6,11H2,1-2H3. The second kappa shape index (κ2) is 3.86. The third-order valence-electron chi connectivity index (χ3n) is 2.17. The molecule has 0 aliphatic carbocycles. The monoisotopic (exact) mass is 197 g/mol. The minimum atomic E-state index is -0.818. The lowest BCUT2D eigenvalue weighted by Crippen LogP contribution is -2.36. The Bertz CT molecular complexity index is 323. The molecular weight excluding hydrogens is 182 g/mol. The van der Waals surface area contributed by atoms with Crippen LogP contribution in [0.25, 0.3) is 0 Å². The second-order valence-corrected chi connectivity index (χ2v) is 3.46. The molecule has 4 nitrogen and oxygen atoms in total. The van der Waals surface area contributed by atoms with Crippen molar-refractivity contribution in [3.05, 3.63) is 23.8 Å². The molecule has 1 aromatic rings. The van der Waals surface area contributed by atoms with Gasteiger partial charge in [-0.05, 0) is 24.6 Å². The number of benzene rings is 1. The van der Waals surface area contributed by atoms with E-state index in [0.717, 1.165) is 5.56 Å². The van der Waals surface area contributed by atoms with E-state index in [4.69, 9.17) is 15.6 Å². The summed E-state index contributed by atoms with van der Waals surface area (Å²) in [5.41, 5.74) is 5.72. The molecule has 1 rings (SSSR count). The molecule has 0 aliphatic heterocycles. The molecule has 0 saturated carbocycles. The van der Waals surface area contributed by atoms with Crippen molar-refractivity contribution in [1.29, 1.82) is 0 Å². The van der Waals surface area contributed by atoms with Gasteiger partial charge in [-0.25, -0.2) is 0 Å². The molecule has 0 spiro atoms. The quantitative estimate of drug-likeness (QED) is 0.662. The Hall–Kier alpha value is -1.26. The number of phenolic OH excluding ortho intramolecular Hbond substituents is 1. The van der Waals surface area contributed by atoms with E-state index >= 15 is 0 Å². The average molecular weight is 197 g/mol. The highest BCUT2D eigenvalue weighted by atomic mass is 16.5. The van der Waals surface area contributed by atoms with Gasteiger partial charge in [-0.3, -0.25) is 0 Å². The Morgan fingerprint density at radius 1 is 1.50 bits per heavy atom. The SMILES string of the molecule is COc1cc(C(C)(N)CO)ccc1O. The first kappa shape index (κ1) is 10.8. The predicted octanol–water partition coefficient (Wildman–Crippen LogP) is 0.567. The van der Waals surface area contributed by atoms with Crippen molar-refractivity contribution in [2.45, 2.75) is 12.5 Å². The molecule has 78 valence electrons. The topological polar surface area (TPSA) is 75.7 Å². The molecule has 0 bridgehead atoms. The summed E-state index contributed by atoms with van der Waals surface area (Å²) >= 11 is 0. The fourth-order valence-electron chi connectivity index (χ4n) is 1.12. The van der Waals surface area contributed by atoms with Gasteiger partial charge in [-0.1, -0.05) is 6.07 Å². The van der Waals surface area contributed by atoms with E-state index in [-0.39, 0.29) is 12.4 Å². The van der Waals surface area contributed by atoms with Crippen molar-refractivity contribution in [2.24, 2.45) is 5.73 Å². The van der Waals surface area contributed by atoms with Gasteiger partial charge >= 0.3 is 0 Å². The fraction of sp³-hybridized carbons (Fsp3) is 0.400. The first-order valence-corrected chi connectivity index (χ1v) is 4.28. The van der Waals surface area contributed by atoms with Gasteiger partial charge in [0.15, 0.2) is 11.5 Å². The largest absolute Gasteiger partial charge is 0.504 e. The molecule has 0 fully saturated rings. The van der Waals surface area contributed by atoms with Crippen molar-refractivity contribution < 1.29 is 14.9 Å². The average Bonchev–Trinajstić information content (AvgIpc) is 2.18. The number of hydrogen-bond acceptors (Lipinski definition) is 4. The number of ether oxygens (including phenoxy) is 1. The fourth-order valence-corrected chi connectivity index (χ4v) is 1.12. The van der Waals surface area contributed by atoms with Crippen LogP contribution in [0.15, 0.2) is 18.2 Å². The Morgan fingerprint density at radius 3 is 2.64 bits per heavy atom. The maximum Gasteiger partial charge on any atom is 0.160 e. The molecule has 1 unspecified atom stereocenters. The molecule has 1 atom stereocenters. The maximum absolute atomic E-state index is 9.35. The number of phenols is 1. The van der Waals surface area contributed by atoms with Gasteiger partial charge in [0.1, 0.15) is 0 Å². The lowest BCUT2D eigenvalue weighted by Gasteiger charge is -2.22. The van der Waals surface area contributed by atoms with Gasteiger partial charge in [0.2, 0.25) is 0 Å². The third-order valence-corrected chi connectivity index (χ3v) is 2.17. The highest BCUT2D eigenvalue weighted by molar-refractivity contribution is 5.43. The second-order valence-electron chi connectivity index (χ2n) is 3.46. The minimum absolute atomic E-state index is 0.0602. The van der Waals surface area contributed by atoms with Crippen LogP contribution in [-0.4, -0.2) is 23.9 Å². The maximum atomic E-state index is 9.35. The Kier molecular flexibility index (Phi) is 2.98. The van der Waals surface area contributed by atoms with E-state index in [1.54, 1.807) is 19.1 Å². The zero-order valence-corrected chi connectivity index (χ0v) is 8.32. The van der Waals surface area contributed by atoms with Crippen LogP contribution < -0.4 is 10.5 Å². The van der Waals surface area contributed by atoms with E-state index in [1.165, 1.54) is 13.2 Å². The Morgan fingerprint density at radius 2 is 2.14 bits per heavy atom. The molecule has 14 heavy (non-hydrogen) atoms. The van der Waals surface area contributed by atoms with Crippen LogP contribution in [0, 0.1) is 0 Å². The first-order valence-electron chi connectivity index (χ1n) is 4.28. The number of hydrogen-bond donors (Lipinski definition) is 3. The smallest absolute Gasteiger partial charge is 0.160 e. The normalized spacial score (nSPS) is 14.9. The number of nitrogens with two attached hydrogens (primary N) is 1. The summed E-state index contributed by atoms with van der Waals surface area (Å²) in [4.78, 5) is 0. The summed E-state index contributed by atoms with van der Waals surface area (Å²) < 4.78 is 4.94. The third kappa shape index (κ3) is 1.97. The van der Waals surface area contributed by atoms with Crippen LogP contribution in [0.1, 0.15) is 12.5 Å². The van der Waals surface area contributed by atoms with Gasteiger partial charge in [-0.15, -0.1) is 0 Å². The number of aliphatic hydroxyl groups excluding tert-OH is 1. The van der Waals surface area contributed by atoms with Crippen molar-refractivity contribution in [1.82, 2.24) is 0 Å². The Balaban J connectivity index is 3.12. The summed E-state index contributed by atoms with van der Waals surface area (Å²) in [7, 11) is 1.46. The van der Waals surface area contributed by atoms with E-state index in [9.17, 15) is 5.11 Å². The lowest BCUT2D eigenvalue weighted by atomic mass is 9.94. The van der Waals surface area contributed by atoms with E-state index in [1.807, 2.05) is 0 Å². The van der Waals surface area contributed by atoms with Crippen molar-refractivity contribution in [3.8, 4) is 11.5 Å². The van der Waals surface area contributed by atoms with Crippen LogP contribution in [0.4, 0.5) is 0 Å². The summed E-state index contributed by atoms with van der Waals surface area (Å²) in [5.74, 6) is 0.414. The summed E-state index contributed by atoms with van der Waals surface area (Å²) in [6.45, 7) is 1.54. The van der Waals surface area contributed by atoms with E-state index in [0.29, 0.717) is 5.75 Å². The summed E-state index contributed by atoms with van der Waals surface area (Å²) in [6, 6.07) is 4.77. The molecule has 0 amide bonds. The van der Waals surface area contributed by atoms with Crippen LogP contribution >= 0.6 is 0 Å². The van der Waals surface area contributed by atoms with E-state index < -0.39 is 5.54 Å². The van der Waals surface area contributed by atoms with Crippen molar-refractivity contribution in [2.75, 3.05) is 13.7 Å². The molecule has 1 aromatic carbocycles. The van der Waals surface area contributed by atoms with Gasteiger partial charge in [0, 0.05) is 0 Å². The van der Waals surface area contributed by atoms with Crippen molar-refractivity contribution in [3.63, 3.8) is 0 Å². The van der Waals surface area contributed by atoms with E-state index in [2.05, 4.69) is 0 Å². The zero-order chi connectivity index (χ0) is 10.8. The highest BCUT2D eigenvalue weighted by Crippen LogP contribution is 2.29. The zero-order valence-electron chi connectivity index (χ0n) is 8.32. The molecule has 0 heterocycles. The molecule has 4 heteroatoms. The van der Waals surface area contributed by atoms with Crippen LogP contribution in [0.5, 0.6) is 11.5 Å². The van der Waals surface area contributed by atoms with Crippen LogP contribution in [0.2, 0.25) is 0 Å². The molecule has 0 aromatic heterocycles. The van der Waals surface area contributed by atoms with Gasteiger partial charge in [0.05, 0.1) is 19.3 Å². The van der Waals surface area contributed by atoms with Gasteiger partial charge < -0.3 is 20.7 Å². The molecule has 4 N–H and O–H groups in total. The molecule has 0 saturated heterocycles. The number of rotatable bonds is 3. The molecular formula is C10H15NO3. The Labute approximate surface area is 82.9 Å². The number of aliphatic hydroxyl groups is 1. The molecule has 0 radical (unpaired) electrons. The first-order chi connectivity index (χ1) is 6.51.